The maximum atomic E-state index is 14.1. The number of hydrogen-bond donors (Lipinski definition) is 1. The second kappa shape index (κ2) is 11.4. The molecule has 10 heteroatoms. The number of nitrogens with zero attached hydrogens (tertiary/aromatic N) is 3. The second-order valence-electron chi connectivity index (χ2n) is 10.4. The predicted molar refractivity (Wildman–Crippen MR) is 144 cm³/mol. The van der Waals surface area contributed by atoms with Crippen molar-refractivity contribution < 1.29 is 27.1 Å². The van der Waals surface area contributed by atoms with E-state index >= 15 is 0 Å². The lowest BCUT2D eigenvalue weighted by Crippen LogP contribution is -2.45. The molecule has 0 radical (unpaired) electrons. The highest BCUT2D eigenvalue weighted by molar-refractivity contribution is 5.94. The van der Waals surface area contributed by atoms with Crippen molar-refractivity contribution in [1.82, 2.24) is 14.8 Å². The number of anilines is 1. The Morgan fingerprint density at radius 1 is 1.02 bits per heavy atom. The fourth-order valence-corrected chi connectivity index (χ4v) is 5.67. The molecule has 6 nitrogen and oxygen atoms in total. The van der Waals surface area contributed by atoms with E-state index in [0.717, 1.165) is 50.7 Å². The van der Waals surface area contributed by atoms with Gasteiger partial charge >= 0.3 is 6.18 Å². The van der Waals surface area contributed by atoms with Crippen LogP contribution in [0.4, 0.5) is 23.4 Å². The van der Waals surface area contributed by atoms with Crippen molar-refractivity contribution in [3.63, 3.8) is 0 Å². The van der Waals surface area contributed by atoms with Crippen molar-refractivity contribution in [2.24, 2.45) is 0 Å². The summed E-state index contributed by atoms with van der Waals surface area (Å²) in [6.07, 6.45) is -0.0178. The van der Waals surface area contributed by atoms with Crippen molar-refractivity contribution in [1.29, 1.82) is 0 Å². The monoisotopic (exact) mass is 556 g/mol. The van der Waals surface area contributed by atoms with Crippen LogP contribution in [0, 0.1) is 5.82 Å². The van der Waals surface area contributed by atoms with E-state index in [0.29, 0.717) is 17.2 Å². The number of pyridine rings is 1. The topological polar surface area (TPSA) is 71.7 Å². The molecular weight excluding hydrogens is 524 g/mol. The number of benzene rings is 2. The molecule has 1 unspecified atom stereocenters. The minimum absolute atomic E-state index is 0.00439. The van der Waals surface area contributed by atoms with E-state index in [1.807, 2.05) is 4.90 Å². The van der Waals surface area contributed by atoms with Gasteiger partial charge in [-0.2, -0.15) is 13.2 Å². The normalized spacial score (nSPS) is 17.7. The van der Waals surface area contributed by atoms with E-state index in [4.69, 9.17) is 10.5 Å². The van der Waals surface area contributed by atoms with Crippen LogP contribution >= 0.6 is 0 Å². The first-order valence-corrected chi connectivity index (χ1v) is 13.5. The zero-order valence-electron chi connectivity index (χ0n) is 22.3. The summed E-state index contributed by atoms with van der Waals surface area (Å²) in [5, 5.41) is 0. The molecule has 1 aromatic heterocycles. The Balaban J connectivity index is 1.28. The van der Waals surface area contributed by atoms with Crippen LogP contribution in [0.15, 0.2) is 54.7 Å². The number of halogens is 4. The number of piperidine rings is 1. The average Bonchev–Trinajstić information content (AvgIpc) is 3.48. The Morgan fingerprint density at radius 3 is 2.35 bits per heavy atom. The Morgan fingerprint density at radius 2 is 1.70 bits per heavy atom. The lowest BCUT2D eigenvalue weighted by Gasteiger charge is -2.36. The second-order valence-corrected chi connectivity index (χ2v) is 10.4. The van der Waals surface area contributed by atoms with E-state index in [1.54, 1.807) is 30.3 Å². The van der Waals surface area contributed by atoms with Crippen LogP contribution in [0.25, 0.3) is 11.1 Å². The highest BCUT2D eigenvalue weighted by atomic mass is 19.4. The fourth-order valence-electron chi connectivity index (χ4n) is 5.67. The maximum Gasteiger partial charge on any atom is 0.419 e. The quantitative estimate of drug-likeness (QED) is 0.360. The molecule has 0 bridgehead atoms. The Kier molecular flexibility index (Phi) is 7.98. The third-order valence-electron chi connectivity index (χ3n) is 7.83. The molecule has 2 aliphatic rings. The van der Waals surface area contributed by atoms with Crippen LogP contribution < -0.4 is 10.5 Å². The smallest absolute Gasteiger partial charge is 0.419 e. The number of aromatic nitrogens is 1. The molecule has 0 saturated carbocycles. The van der Waals surface area contributed by atoms with Crippen LogP contribution in [-0.2, 0) is 6.18 Å². The van der Waals surface area contributed by atoms with Crippen LogP contribution in [0.2, 0.25) is 0 Å². The van der Waals surface area contributed by atoms with Gasteiger partial charge in [-0.05, 0) is 75.5 Å². The van der Waals surface area contributed by atoms with E-state index in [2.05, 4.69) is 9.88 Å². The molecule has 1 amide bonds. The average molecular weight is 557 g/mol. The number of carbonyl (C=O) groups is 1. The first kappa shape index (κ1) is 27.9. The Labute approximate surface area is 230 Å². The molecular formula is C30H32F4N4O2. The van der Waals surface area contributed by atoms with E-state index in [1.165, 1.54) is 38.1 Å². The van der Waals surface area contributed by atoms with Crippen molar-refractivity contribution in [2.75, 3.05) is 31.9 Å². The molecule has 212 valence electrons. The van der Waals surface area contributed by atoms with Crippen LogP contribution in [-0.4, -0.2) is 52.9 Å². The van der Waals surface area contributed by atoms with E-state index in [9.17, 15) is 22.4 Å². The number of rotatable bonds is 6. The van der Waals surface area contributed by atoms with Gasteiger partial charge in [0, 0.05) is 42.0 Å². The minimum Gasteiger partial charge on any atom is -0.482 e. The zero-order chi connectivity index (χ0) is 28.4. The number of alkyl halides is 3. The molecule has 2 saturated heterocycles. The molecule has 2 N–H and O–H groups in total. The van der Waals surface area contributed by atoms with Gasteiger partial charge < -0.3 is 20.3 Å². The largest absolute Gasteiger partial charge is 0.482 e. The number of hydrogen-bond acceptors (Lipinski definition) is 5. The SMILES string of the molecule is CC(Oc1cc(-c2ccc(C(=O)N3CCC(N4CCCC4)CC3)cc2)cnc1N)c1cccc(F)c1C(F)(F)F. The van der Waals surface area contributed by atoms with Crippen molar-refractivity contribution >= 4 is 11.7 Å². The molecule has 2 fully saturated rings. The molecule has 3 heterocycles. The summed E-state index contributed by atoms with van der Waals surface area (Å²) in [7, 11) is 0. The number of likely N-dealkylation sites (tertiary alicyclic amines) is 2. The molecule has 2 aliphatic heterocycles. The summed E-state index contributed by atoms with van der Waals surface area (Å²) in [6.45, 7) is 5.19. The van der Waals surface area contributed by atoms with Gasteiger partial charge in [-0.1, -0.05) is 24.3 Å². The van der Waals surface area contributed by atoms with Gasteiger partial charge in [-0.15, -0.1) is 0 Å². The minimum atomic E-state index is -4.88. The first-order valence-electron chi connectivity index (χ1n) is 13.5. The van der Waals surface area contributed by atoms with Crippen LogP contribution in [0.5, 0.6) is 5.75 Å². The summed E-state index contributed by atoms with van der Waals surface area (Å²) in [5.41, 5.74) is 6.17. The Hall–Kier alpha value is -3.66. The molecule has 0 aliphatic carbocycles. The van der Waals surface area contributed by atoms with E-state index < -0.39 is 23.7 Å². The number of amides is 1. The van der Waals surface area contributed by atoms with Gasteiger partial charge in [-0.3, -0.25) is 4.79 Å². The fraction of sp³-hybridized carbons (Fsp3) is 0.400. The summed E-state index contributed by atoms with van der Waals surface area (Å²) in [5.74, 6) is -1.31. The Bertz CT molecular complexity index is 1350. The molecule has 40 heavy (non-hydrogen) atoms. The third kappa shape index (κ3) is 5.91. The van der Waals surface area contributed by atoms with Gasteiger partial charge in [0.15, 0.2) is 11.6 Å². The van der Waals surface area contributed by atoms with Crippen LogP contribution in [0.1, 0.15) is 60.2 Å². The highest BCUT2D eigenvalue weighted by Gasteiger charge is 2.38. The lowest BCUT2D eigenvalue weighted by molar-refractivity contribution is -0.141. The zero-order valence-corrected chi connectivity index (χ0v) is 22.3. The van der Waals surface area contributed by atoms with Crippen molar-refractivity contribution in [3.8, 4) is 16.9 Å². The van der Waals surface area contributed by atoms with Crippen molar-refractivity contribution in [2.45, 2.75) is 50.9 Å². The molecule has 3 aromatic rings. The van der Waals surface area contributed by atoms with Crippen molar-refractivity contribution in [3.05, 3.63) is 77.2 Å². The molecule has 5 rings (SSSR count). The summed E-state index contributed by atoms with van der Waals surface area (Å²) in [6, 6.07) is 12.4. The van der Waals surface area contributed by atoms with Gasteiger partial charge in [0.25, 0.3) is 5.91 Å². The lowest BCUT2D eigenvalue weighted by atomic mass is 10.0. The highest BCUT2D eigenvalue weighted by Crippen LogP contribution is 2.39. The number of carbonyl (C=O) groups excluding carboxylic acids is 1. The third-order valence-corrected chi connectivity index (χ3v) is 7.83. The van der Waals surface area contributed by atoms with Crippen LogP contribution in [0.3, 0.4) is 0 Å². The first-order chi connectivity index (χ1) is 19.1. The number of ether oxygens (including phenoxy) is 1. The molecule has 0 spiro atoms. The summed E-state index contributed by atoms with van der Waals surface area (Å²) in [4.78, 5) is 21.7. The summed E-state index contributed by atoms with van der Waals surface area (Å²) < 4.78 is 60.3. The van der Waals surface area contributed by atoms with E-state index in [-0.39, 0.29) is 23.0 Å². The molecule has 2 aromatic carbocycles. The summed E-state index contributed by atoms with van der Waals surface area (Å²) >= 11 is 0. The van der Waals surface area contributed by atoms with Gasteiger partial charge in [0.1, 0.15) is 11.9 Å². The van der Waals surface area contributed by atoms with Gasteiger partial charge in [0.05, 0.1) is 5.56 Å². The predicted octanol–water partition coefficient (Wildman–Crippen LogP) is 6.33. The molecule has 1 atom stereocenters. The number of nitrogen functional groups attached to an aromatic ring is 1. The van der Waals surface area contributed by atoms with Gasteiger partial charge in [0.2, 0.25) is 0 Å². The number of nitrogens with two attached hydrogens (primary N) is 1. The maximum absolute atomic E-state index is 14.1. The standard InChI is InChI=1S/C30H32F4N4O2/c1-19(24-5-4-6-25(31)27(24)30(32,33)34)40-26-17-22(18-36-28(26)35)20-7-9-21(10-8-20)29(39)38-15-11-23(12-16-38)37-13-2-3-14-37/h4-10,17-19,23H,2-3,11-16H2,1H3,(H2,35,36). The van der Waals surface area contributed by atoms with Gasteiger partial charge in [-0.25, -0.2) is 9.37 Å².